The van der Waals surface area contributed by atoms with Crippen LogP contribution in [0.3, 0.4) is 0 Å². The molecular formula is C37H53N3O2S2. The van der Waals surface area contributed by atoms with Crippen LogP contribution in [0.1, 0.15) is 110 Å². The van der Waals surface area contributed by atoms with Gasteiger partial charge in [0.15, 0.2) is 5.78 Å². The van der Waals surface area contributed by atoms with Gasteiger partial charge in [0.2, 0.25) is 0 Å². The fraction of sp³-hybridized carbons (Fsp3) is 0.568. The molecule has 7 heteroatoms. The highest BCUT2D eigenvalue weighted by atomic mass is 33.1. The van der Waals surface area contributed by atoms with E-state index in [2.05, 4.69) is 73.2 Å². The summed E-state index contributed by atoms with van der Waals surface area (Å²) in [5.41, 5.74) is 5.11. The van der Waals surface area contributed by atoms with Crippen molar-refractivity contribution >= 4 is 39.4 Å². The molecular weight excluding hydrogens is 583 g/mol. The number of carbonyl (C=O) groups is 2. The minimum atomic E-state index is -0.0719. The standard InChI is InChI=1S/C37H53N3O2S2/c1-36(2)19-20-37(3,4)33-27-30(15-16-32(33)36)34(41)17-12-28-10-13-29(14-11-28)35(42)39-23-25-40(5)24-22-38-21-8-6-7-9-31-18-26-43-44-31/h10-17,27,31,38H,6-9,18-26H2,1-5H3,(H,39,42)/b17-12+/t31-/m1/s1. The largest absolute Gasteiger partial charge is 0.351 e. The number of nitrogens with one attached hydrogen (secondary N) is 2. The van der Waals surface area contributed by atoms with Gasteiger partial charge in [-0.25, -0.2) is 0 Å². The molecule has 4 rings (SSSR count). The summed E-state index contributed by atoms with van der Waals surface area (Å²) >= 11 is 0. The van der Waals surface area contributed by atoms with Crippen LogP contribution >= 0.6 is 21.6 Å². The number of fused-ring (bicyclic) bond motifs is 1. The fourth-order valence-corrected chi connectivity index (χ4v) is 9.12. The second-order valence-corrected chi connectivity index (χ2v) is 16.6. The number of hydrogen-bond acceptors (Lipinski definition) is 6. The van der Waals surface area contributed by atoms with Gasteiger partial charge in [-0.15, -0.1) is 0 Å². The molecule has 0 radical (unpaired) electrons. The van der Waals surface area contributed by atoms with Gasteiger partial charge in [-0.05, 0) is 97.5 Å². The van der Waals surface area contributed by atoms with Gasteiger partial charge in [-0.3, -0.25) is 9.59 Å². The zero-order chi connectivity index (χ0) is 31.6. The Kier molecular flexibility index (Phi) is 13.0. The molecule has 240 valence electrons. The molecule has 1 heterocycles. The first-order valence-electron chi connectivity index (χ1n) is 16.5. The number of amides is 1. The fourth-order valence-electron chi connectivity index (χ4n) is 6.09. The van der Waals surface area contributed by atoms with Crippen LogP contribution in [-0.2, 0) is 10.8 Å². The number of unbranched alkanes of at least 4 members (excludes halogenated alkanes) is 2. The summed E-state index contributed by atoms with van der Waals surface area (Å²) in [6, 6.07) is 13.6. The molecule has 2 N–H and O–H groups in total. The average molecular weight is 636 g/mol. The highest BCUT2D eigenvalue weighted by molar-refractivity contribution is 8.77. The Balaban J connectivity index is 1.13. The molecule has 1 aliphatic carbocycles. The van der Waals surface area contributed by atoms with Crippen LogP contribution < -0.4 is 10.6 Å². The Labute approximate surface area is 274 Å². The van der Waals surface area contributed by atoms with E-state index in [9.17, 15) is 9.59 Å². The van der Waals surface area contributed by atoms with E-state index in [1.165, 1.54) is 49.0 Å². The molecule has 1 amide bonds. The highest BCUT2D eigenvalue weighted by Crippen LogP contribution is 2.46. The van der Waals surface area contributed by atoms with Gasteiger partial charge in [0.05, 0.1) is 0 Å². The Morgan fingerprint density at radius 3 is 2.32 bits per heavy atom. The lowest BCUT2D eigenvalue weighted by Gasteiger charge is -2.42. The van der Waals surface area contributed by atoms with Gasteiger partial charge in [-0.2, -0.15) is 0 Å². The average Bonchev–Trinajstić information content (AvgIpc) is 3.53. The Morgan fingerprint density at radius 1 is 0.886 bits per heavy atom. The van der Waals surface area contributed by atoms with Crippen molar-refractivity contribution in [3.8, 4) is 0 Å². The lowest BCUT2D eigenvalue weighted by Crippen LogP contribution is -2.36. The molecule has 0 spiro atoms. The monoisotopic (exact) mass is 635 g/mol. The van der Waals surface area contributed by atoms with Gasteiger partial charge in [0, 0.05) is 48.3 Å². The third kappa shape index (κ3) is 10.2. The summed E-state index contributed by atoms with van der Waals surface area (Å²) in [4.78, 5) is 27.9. The van der Waals surface area contributed by atoms with E-state index in [0.717, 1.165) is 55.4 Å². The van der Waals surface area contributed by atoms with Crippen LogP contribution in [0.4, 0.5) is 0 Å². The van der Waals surface area contributed by atoms with Gasteiger partial charge >= 0.3 is 0 Å². The summed E-state index contributed by atoms with van der Waals surface area (Å²) in [6.45, 7) is 13.6. The normalized spacial score (nSPS) is 18.9. The molecule has 1 saturated heterocycles. The predicted molar refractivity (Wildman–Crippen MR) is 191 cm³/mol. The Hall–Kier alpha value is -2.06. The summed E-state index contributed by atoms with van der Waals surface area (Å²) in [7, 11) is 6.22. The maximum absolute atomic E-state index is 13.0. The van der Waals surface area contributed by atoms with E-state index >= 15 is 0 Å². The van der Waals surface area contributed by atoms with Gasteiger partial charge < -0.3 is 15.5 Å². The number of hydrogen-bond donors (Lipinski definition) is 2. The third-order valence-corrected chi connectivity index (χ3v) is 12.3. The molecule has 1 fully saturated rings. The van der Waals surface area contributed by atoms with E-state index < -0.39 is 0 Å². The SMILES string of the molecule is CN(CCNCCCCC[C@@H]1CCSS1)CCNC(=O)c1ccc(/C=C/C(=O)c2ccc3c(c2)C(C)(C)CCC3(C)C)cc1. The second-order valence-electron chi connectivity index (χ2n) is 13.8. The molecule has 0 unspecified atom stereocenters. The number of ketones is 1. The summed E-state index contributed by atoms with van der Waals surface area (Å²) in [6.07, 6.45) is 12.4. The summed E-state index contributed by atoms with van der Waals surface area (Å²) in [5.74, 6) is 1.26. The molecule has 2 aromatic rings. The van der Waals surface area contributed by atoms with Crippen LogP contribution in [0.2, 0.25) is 0 Å². The minimum absolute atomic E-state index is 0.00115. The van der Waals surface area contributed by atoms with Crippen molar-refractivity contribution in [3.63, 3.8) is 0 Å². The minimum Gasteiger partial charge on any atom is -0.351 e. The summed E-state index contributed by atoms with van der Waals surface area (Å²) in [5, 5.41) is 7.48. The smallest absolute Gasteiger partial charge is 0.251 e. The first-order valence-corrected chi connectivity index (χ1v) is 18.9. The number of likely N-dealkylation sites (N-methyl/N-ethyl adjacent to an activating group) is 1. The van der Waals surface area contributed by atoms with Crippen LogP contribution in [0, 0.1) is 0 Å². The van der Waals surface area contributed by atoms with Gasteiger partial charge in [-0.1, -0.05) is 92.5 Å². The van der Waals surface area contributed by atoms with Crippen molar-refractivity contribution in [1.29, 1.82) is 0 Å². The topological polar surface area (TPSA) is 61.4 Å². The van der Waals surface area contributed by atoms with Crippen molar-refractivity contribution in [2.24, 2.45) is 0 Å². The molecule has 5 nitrogen and oxygen atoms in total. The lowest BCUT2D eigenvalue weighted by atomic mass is 9.63. The zero-order valence-electron chi connectivity index (χ0n) is 27.5. The maximum atomic E-state index is 13.0. The van der Waals surface area contributed by atoms with Crippen molar-refractivity contribution in [1.82, 2.24) is 15.5 Å². The number of rotatable bonds is 16. The predicted octanol–water partition coefficient (Wildman–Crippen LogP) is 7.90. The molecule has 1 aliphatic heterocycles. The van der Waals surface area contributed by atoms with Crippen LogP contribution in [0.5, 0.6) is 0 Å². The lowest BCUT2D eigenvalue weighted by molar-refractivity contribution is 0.0949. The number of benzene rings is 2. The van der Waals surface area contributed by atoms with E-state index in [1.807, 2.05) is 47.2 Å². The molecule has 1 atom stereocenters. The van der Waals surface area contributed by atoms with Crippen molar-refractivity contribution in [2.45, 2.75) is 88.7 Å². The Morgan fingerprint density at radius 2 is 1.59 bits per heavy atom. The highest BCUT2D eigenvalue weighted by Gasteiger charge is 2.37. The van der Waals surface area contributed by atoms with Crippen molar-refractivity contribution in [3.05, 3.63) is 76.4 Å². The Bertz CT molecular complexity index is 1270. The van der Waals surface area contributed by atoms with E-state index in [1.54, 1.807) is 6.08 Å². The quantitative estimate of drug-likeness (QED) is 0.0847. The molecule has 0 bridgehead atoms. The molecule has 44 heavy (non-hydrogen) atoms. The van der Waals surface area contributed by atoms with Crippen molar-refractivity contribution < 1.29 is 9.59 Å². The zero-order valence-corrected chi connectivity index (χ0v) is 29.2. The number of carbonyl (C=O) groups excluding carboxylic acids is 2. The van der Waals surface area contributed by atoms with E-state index in [-0.39, 0.29) is 22.5 Å². The molecule has 2 aliphatic rings. The molecule has 0 saturated carbocycles. The van der Waals surface area contributed by atoms with Crippen LogP contribution in [-0.4, -0.2) is 67.4 Å². The van der Waals surface area contributed by atoms with Gasteiger partial charge in [0.1, 0.15) is 0 Å². The first kappa shape index (κ1) is 34.8. The maximum Gasteiger partial charge on any atom is 0.251 e. The number of nitrogens with zero attached hydrogens (tertiary/aromatic N) is 1. The van der Waals surface area contributed by atoms with Crippen LogP contribution in [0.25, 0.3) is 6.08 Å². The molecule has 0 aromatic heterocycles. The van der Waals surface area contributed by atoms with E-state index in [0.29, 0.717) is 12.1 Å². The second kappa shape index (κ2) is 16.5. The van der Waals surface area contributed by atoms with Crippen LogP contribution in [0.15, 0.2) is 48.5 Å². The first-order chi connectivity index (χ1) is 21.0. The molecule has 2 aromatic carbocycles. The summed E-state index contributed by atoms with van der Waals surface area (Å²) < 4.78 is 0. The van der Waals surface area contributed by atoms with Crippen molar-refractivity contribution in [2.75, 3.05) is 45.5 Å². The van der Waals surface area contributed by atoms with E-state index in [4.69, 9.17) is 0 Å². The third-order valence-electron chi connectivity index (χ3n) is 9.29. The number of allylic oxidation sites excluding steroid dienone is 1. The van der Waals surface area contributed by atoms with Gasteiger partial charge in [0.25, 0.3) is 5.91 Å².